The molecule has 132 valence electrons. The van der Waals surface area contributed by atoms with Crippen LogP contribution in [0.3, 0.4) is 0 Å². The molecule has 6 heteroatoms. The number of amides is 2. The molecule has 2 amide bonds. The second-order valence-electron chi connectivity index (χ2n) is 6.25. The zero-order valence-electron chi connectivity index (χ0n) is 14.1. The predicted octanol–water partition coefficient (Wildman–Crippen LogP) is 2.83. The van der Waals surface area contributed by atoms with Gasteiger partial charge in [0.2, 0.25) is 0 Å². The molecule has 0 radical (unpaired) electrons. The van der Waals surface area contributed by atoms with Gasteiger partial charge >= 0.3 is 0 Å². The number of halogens is 1. The Morgan fingerprint density at radius 3 is 1.73 bits per heavy atom. The highest BCUT2D eigenvalue weighted by atomic mass is 35.5. The van der Waals surface area contributed by atoms with Crippen LogP contribution in [0, 0.1) is 0 Å². The summed E-state index contributed by atoms with van der Waals surface area (Å²) in [6.07, 6.45) is 0. The molecule has 0 N–H and O–H groups in total. The standard InChI is InChI=1S/C20H18ClN3O2/c21-17-18(20(26)24(19(17)25)16-9-5-2-6-10-16)23-13-11-22(12-14-23)15-7-3-1-4-8-15/h1-10H,11-14H2. The van der Waals surface area contributed by atoms with Crippen LogP contribution >= 0.6 is 11.6 Å². The van der Waals surface area contributed by atoms with Crippen LogP contribution in [0.25, 0.3) is 0 Å². The molecule has 0 bridgehead atoms. The first-order chi connectivity index (χ1) is 12.7. The second kappa shape index (κ2) is 6.84. The van der Waals surface area contributed by atoms with Gasteiger partial charge in [0.25, 0.3) is 11.8 Å². The molecule has 0 atom stereocenters. The van der Waals surface area contributed by atoms with E-state index in [9.17, 15) is 9.59 Å². The number of nitrogens with zero attached hydrogens (tertiary/aromatic N) is 3. The third kappa shape index (κ3) is 2.84. The molecule has 1 fully saturated rings. The lowest BCUT2D eigenvalue weighted by Gasteiger charge is -2.37. The topological polar surface area (TPSA) is 43.9 Å². The minimum absolute atomic E-state index is 0.00649. The zero-order chi connectivity index (χ0) is 18.1. The number of anilines is 2. The maximum absolute atomic E-state index is 12.9. The van der Waals surface area contributed by atoms with E-state index >= 15 is 0 Å². The van der Waals surface area contributed by atoms with E-state index in [0.29, 0.717) is 24.5 Å². The summed E-state index contributed by atoms with van der Waals surface area (Å²) in [5, 5.41) is 0.00649. The molecule has 2 aliphatic heterocycles. The summed E-state index contributed by atoms with van der Waals surface area (Å²) < 4.78 is 0. The van der Waals surface area contributed by atoms with Gasteiger partial charge in [0.05, 0.1) is 5.69 Å². The summed E-state index contributed by atoms with van der Waals surface area (Å²) in [4.78, 5) is 30.8. The molecule has 2 aliphatic rings. The Balaban J connectivity index is 1.52. The number of para-hydroxylation sites is 2. The van der Waals surface area contributed by atoms with Crippen LogP contribution < -0.4 is 9.80 Å². The quantitative estimate of drug-likeness (QED) is 0.782. The summed E-state index contributed by atoms with van der Waals surface area (Å²) in [7, 11) is 0. The number of carbonyl (C=O) groups is 2. The lowest BCUT2D eigenvalue weighted by atomic mass is 10.2. The Kier molecular flexibility index (Phi) is 4.39. The Bertz CT molecular complexity index is 859. The summed E-state index contributed by atoms with van der Waals surface area (Å²) in [5.74, 6) is -0.803. The van der Waals surface area contributed by atoms with Gasteiger partial charge in [-0.15, -0.1) is 0 Å². The molecule has 4 rings (SSSR count). The van der Waals surface area contributed by atoms with E-state index in [4.69, 9.17) is 11.6 Å². The Morgan fingerprint density at radius 1 is 0.654 bits per heavy atom. The average Bonchev–Trinajstić information content (AvgIpc) is 2.92. The maximum atomic E-state index is 12.9. The molecular formula is C20H18ClN3O2. The molecule has 0 unspecified atom stereocenters. The van der Waals surface area contributed by atoms with Crippen LogP contribution in [-0.2, 0) is 9.59 Å². The van der Waals surface area contributed by atoms with Crippen LogP contribution in [0.15, 0.2) is 71.4 Å². The Morgan fingerprint density at radius 2 is 1.15 bits per heavy atom. The number of hydrogen-bond donors (Lipinski definition) is 0. The van der Waals surface area contributed by atoms with Crippen LogP contribution in [0.5, 0.6) is 0 Å². The minimum Gasteiger partial charge on any atom is -0.368 e. The largest absolute Gasteiger partial charge is 0.368 e. The van der Waals surface area contributed by atoms with Gasteiger partial charge in [-0.25, -0.2) is 4.90 Å². The van der Waals surface area contributed by atoms with Crippen molar-refractivity contribution in [2.24, 2.45) is 0 Å². The molecule has 2 aromatic rings. The molecule has 0 aliphatic carbocycles. The highest BCUT2D eigenvalue weighted by Gasteiger charge is 2.41. The summed E-state index contributed by atoms with van der Waals surface area (Å²) in [6, 6.07) is 19.1. The molecule has 0 spiro atoms. The Hall–Kier alpha value is -2.79. The number of benzene rings is 2. The van der Waals surface area contributed by atoms with Crippen molar-refractivity contribution >= 4 is 34.8 Å². The first-order valence-corrected chi connectivity index (χ1v) is 8.93. The number of rotatable bonds is 3. The maximum Gasteiger partial charge on any atom is 0.283 e. The van der Waals surface area contributed by atoms with Crippen molar-refractivity contribution in [3.05, 3.63) is 71.4 Å². The molecule has 0 aromatic heterocycles. The molecule has 2 heterocycles. The van der Waals surface area contributed by atoms with E-state index < -0.39 is 5.91 Å². The van der Waals surface area contributed by atoms with Gasteiger partial charge in [-0.1, -0.05) is 48.0 Å². The normalized spacial score (nSPS) is 18.1. The molecule has 2 aromatic carbocycles. The van der Waals surface area contributed by atoms with E-state index in [1.54, 1.807) is 24.3 Å². The molecular weight excluding hydrogens is 350 g/mol. The number of piperazine rings is 1. The van der Waals surface area contributed by atoms with Gasteiger partial charge in [0, 0.05) is 31.9 Å². The number of hydrogen-bond acceptors (Lipinski definition) is 4. The van der Waals surface area contributed by atoms with Gasteiger partial charge in [-0.05, 0) is 24.3 Å². The van der Waals surface area contributed by atoms with Crippen molar-refractivity contribution in [1.29, 1.82) is 0 Å². The van der Waals surface area contributed by atoms with Crippen molar-refractivity contribution in [1.82, 2.24) is 4.90 Å². The van der Waals surface area contributed by atoms with Crippen LogP contribution in [0.4, 0.5) is 11.4 Å². The SMILES string of the molecule is O=C1C(Cl)=C(N2CCN(c3ccccc3)CC2)C(=O)N1c1ccccc1. The third-order valence-corrected chi connectivity index (χ3v) is 5.08. The van der Waals surface area contributed by atoms with Gasteiger partial charge in [0.1, 0.15) is 10.7 Å². The smallest absolute Gasteiger partial charge is 0.283 e. The van der Waals surface area contributed by atoms with Gasteiger partial charge in [-0.3, -0.25) is 9.59 Å². The van der Waals surface area contributed by atoms with E-state index in [0.717, 1.165) is 23.7 Å². The van der Waals surface area contributed by atoms with Gasteiger partial charge in [-0.2, -0.15) is 0 Å². The molecule has 1 saturated heterocycles. The first-order valence-electron chi connectivity index (χ1n) is 8.55. The van der Waals surface area contributed by atoms with Crippen molar-refractivity contribution in [2.75, 3.05) is 36.0 Å². The van der Waals surface area contributed by atoms with Crippen LogP contribution in [0.2, 0.25) is 0 Å². The van der Waals surface area contributed by atoms with E-state index in [1.165, 1.54) is 0 Å². The van der Waals surface area contributed by atoms with Crippen molar-refractivity contribution in [2.45, 2.75) is 0 Å². The summed E-state index contributed by atoms with van der Waals surface area (Å²) in [6.45, 7) is 2.82. The molecule has 0 saturated carbocycles. The number of carbonyl (C=O) groups excluding carboxylic acids is 2. The van der Waals surface area contributed by atoms with Crippen molar-refractivity contribution in [3.63, 3.8) is 0 Å². The van der Waals surface area contributed by atoms with E-state index in [2.05, 4.69) is 17.0 Å². The van der Waals surface area contributed by atoms with Gasteiger partial charge < -0.3 is 9.80 Å². The molecule has 5 nitrogen and oxygen atoms in total. The summed E-state index contributed by atoms with van der Waals surface area (Å²) in [5.41, 5.74) is 2.01. The lowest BCUT2D eigenvalue weighted by Crippen LogP contribution is -2.47. The predicted molar refractivity (Wildman–Crippen MR) is 102 cm³/mol. The monoisotopic (exact) mass is 367 g/mol. The first kappa shape index (κ1) is 16.7. The fraction of sp³-hybridized carbons (Fsp3) is 0.200. The van der Waals surface area contributed by atoms with Crippen molar-refractivity contribution in [3.8, 4) is 0 Å². The summed E-state index contributed by atoms with van der Waals surface area (Å²) >= 11 is 6.27. The van der Waals surface area contributed by atoms with E-state index in [1.807, 2.05) is 29.2 Å². The van der Waals surface area contributed by atoms with E-state index in [-0.39, 0.29) is 10.9 Å². The lowest BCUT2D eigenvalue weighted by molar-refractivity contribution is -0.121. The Labute approximate surface area is 157 Å². The average molecular weight is 368 g/mol. The van der Waals surface area contributed by atoms with Gasteiger partial charge in [0.15, 0.2) is 0 Å². The minimum atomic E-state index is -0.455. The third-order valence-electron chi connectivity index (χ3n) is 4.74. The van der Waals surface area contributed by atoms with Crippen LogP contribution in [-0.4, -0.2) is 42.9 Å². The fourth-order valence-corrected chi connectivity index (χ4v) is 3.69. The fourth-order valence-electron chi connectivity index (χ4n) is 3.40. The zero-order valence-corrected chi connectivity index (χ0v) is 14.9. The highest BCUT2D eigenvalue weighted by molar-refractivity contribution is 6.52. The number of imide groups is 1. The van der Waals surface area contributed by atoms with Crippen LogP contribution in [0.1, 0.15) is 0 Å². The highest BCUT2D eigenvalue weighted by Crippen LogP contribution is 2.31. The second-order valence-corrected chi connectivity index (χ2v) is 6.63. The van der Waals surface area contributed by atoms with Crippen molar-refractivity contribution < 1.29 is 9.59 Å². The molecule has 26 heavy (non-hydrogen) atoms.